The number of likely N-dealkylation sites (N-methyl/N-ethyl adjacent to an activating group) is 1. The number of carbonyl (C=O) groups excluding carboxylic acids is 10. The van der Waals surface area contributed by atoms with Gasteiger partial charge in [-0.3, -0.25) is 48.5 Å². The average Bonchev–Trinajstić information content (AvgIpc) is 1.62. The van der Waals surface area contributed by atoms with E-state index in [9.17, 15) is 63.0 Å². The molecule has 5 rings (SSSR count). The van der Waals surface area contributed by atoms with Gasteiger partial charge in [-0.25, -0.2) is 9.59 Å². The Balaban J connectivity index is 1.10. The molecule has 1 aromatic rings. The minimum absolute atomic E-state index is 0.0150. The molecule has 0 aromatic heterocycles. The van der Waals surface area contributed by atoms with Crippen LogP contribution in [0.5, 0.6) is 5.75 Å². The molecule has 0 radical (unpaired) electrons. The van der Waals surface area contributed by atoms with Crippen molar-refractivity contribution in [2.75, 3.05) is 71.7 Å². The van der Waals surface area contributed by atoms with E-state index in [2.05, 4.69) is 31.9 Å². The van der Waals surface area contributed by atoms with Crippen molar-refractivity contribution in [1.82, 2.24) is 36.8 Å². The van der Waals surface area contributed by atoms with Crippen LogP contribution >= 0.6 is 23.4 Å². The number of nitrogens with two attached hydrogens (primary N) is 1. The molecule has 0 spiro atoms. The minimum atomic E-state index is -1.91. The number of esters is 1. The zero-order valence-corrected chi connectivity index (χ0v) is 53.6. The molecule has 10 atom stereocenters. The number of halogens is 1. The molecule has 29 heteroatoms. The van der Waals surface area contributed by atoms with E-state index in [0.29, 0.717) is 69.3 Å². The number of nitrogens with zero attached hydrogens (tertiary/aromatic N) is 2. The minimum Gasteiger partial charge on any atom is -0.495 e. The lowest BCUT2D eigenvalue weighted by molar-refractivity contribution is -0.162. The monoisotopic (exact) mass is 1290 g/mol. The first kappa shape index (κ1) is 72.9. The Bertz CT molecular complexity index is 2820. The number of alkyl carbamates (subject to hydrolysis) is 1. The van der Waals surface area contributed by atoms with Crippen LogP contribution in [0.15, 0.2) is 35.9 Å². The first-order chi connectivity index (χ1) is 42.0. The van der Waals surface area contributed by atoms with Crippen LogP contribution in [0.25, 0.3) is 0 Å². The number of aliphatic carboxylic acids is 1. The van der Waals surface area contributed by atoms with Crippen molar-refractivity contribution in [3.05, 3.63) is 46.5 Å². The topological polar surface area (TPSA) is 382 Å². The maximum Gasteiger partial charge on any atom is 0.409 e. The number of hydrogen-bond acceptors (Lipinski definition) is 19. The largest absolute Gasteiger partial charge is 0.495 e. The molecule has 494 valence electrons. The van der Waals surface area contributed by atoms with E-state index in [1.165, 1.54) is 47.1 Å². The molecule has 2 unspecified atom stereocenters. The fraction of sp³-hybridized carbons (Fsp3) is 0.650. The van der Waals surface area contributed by atoms with E-state index in [1.807, 2.05) is 13.0 Å². The Hall–Kier alpha value is -6.85. The number of Topliss-reactive ketones (excluding diaryl/α,β-unsaturated/α-hetero) is 1. The number of carbonyl (C=O) groups is 11. The van der Waals surface area contributed by atoms with Crippen molar-refractivity contribution >= 4 is 94.2 Å². The highest BCUT2D eigenvalue weighted by Crippen LogP contribution is 2.49. The van der Waals surface area contributed by atoms with E-state index in [-0.39, 0.29) is 79.7 Å². The lowest BCUT2D eigenvalue weighted by Crippen LogP contribution is -2.63. The number of aliphatic hydroxyl groups is 1. The molecule has 3 heterocycles. The molecular formula is C60H88ClN9O18S. The molecular weight excluding hydrogens is 1200 g/mol. The zero-order valence-electron chi connectivity index (χ0n) is 52.1. The number of carboxylic acid groups (broad SMARTS) is 1. The standard InChI is InChI=1S/C60H88ClN9O18S/c1-33-13-12-15-45(85-9)60(83)28-43(86-58(82)68-60)34(2)54-59(5,88-54)46(27-52(77)70(7)41-24-38(23-33)25-42(84-8)53(41)61)87-57(81)35(3)69(6)51(76)20-22-89-44(56(79)80)26-47(72)64-30-37-16-18-39(19-17-37)55(78)63-21-11-10-14-40(36(4)71)67-50(75)32-66-49(74)31-65-48(73)29-62/h12-13,15,24-25,34-35,37,39-40,43-46,54,83H,10-11,14,16-23,26-32,62H2,1-9H3,(H,63,78)(H,64,72)(H,65,73)(H,66,74)(H,67,75)(H,68,82)(H,79,80)/b15-12+,33-13+/t34-,35+,37?,39?,40?,43?,44+,45-,46+,54+,59+,60+/m1/s1. The van der Waals surface area contributed by atoms with Gasteiger partial charge < -0.3 is 76.0 Å². The summed E-state index contributed by atoms with van der Waals surface area (Å²) in [5.74, 6) is -6.29. The van der Waals surface area contributed by atoms with Gasteiger partial charge in [-0.05, 0) is 103 Å². The summed E-state index contributed by atoms with van der Waals surface area (Å²) >= 11 is 7.72. The molecule has 4 bridgehead atoms. The molecule has 27 nitrogen and oxygen atoms in total. The van der Waals surface area contributed by atoms with E-state index in [4.69, 9.17) is 41.0 Å². The SMILES string of the molecule is COc1cc2cc(c1Cl)N(C)C(=O)C[C@H](OC(=O)[C@H](C)N(C)C(=O)CCS[C@@H](CC(=O)NCC1CCC(C(=O)NCCCCC(NC(=O)CNC(=O)CNC(=O)CN)C(C)=O)CC1)C(=O)O)[C@]1(C)O[C@H]1[C@H](C)C1C[C@@](O)(NC(=O)O1)[C@H](OC)/C=C/C=C(\C)C2. The van der Waals surface area contributed by atoms with Gasteiger partial charge in [-0.2, -0.15) is 0 Å². The van der Waals surface area contributed by atoms with Crippen LogP contribution in [0, 0.1) is 17.8 Å². The summed E-state index contributed by atoms with van der Waals surface area (Å²) < 4.78 is 29.4. The number of amides is 8. The highest BCUT2D eigenvalue weighted by molar-refractivity contribution is 8.00. The Morgan fingerprint density at radius 3 is 2.31 bits per heavy atom. The molecule has 1 aromatic carbocycles. The van der Waals surface area contributed by atoms with Crippen molar-refractivity contribution in [3.63, 3.8) is 0 Å². The van der Waals surface area contributed by atoms with E-state index < -0.39 is 119 Å². The number of anilines is 1. The highest BCUT2D eigenvalue weighted by atomic mass is 35.5. The summed E-state index contributed by atoms with van der Waals surface area (Å²) in [6.45, 7) is 7.68. The second-order valence-corrected chi connectivity index (χ2v) is 25.0. The summed E-state index contributed by atoms with van der Waals surface area (Å²) in [5, 5.41) is 36.4. The number of unbranched alkanes of at least 4 members (excludes halogenated alkanes) is 1. The lowest BCUT2D eigenvalue weighted by Gasteiger charge is -2.42. The predicted octanol–water partition coefficient (Wildman–Crippen LogP) is 1.96. The van der Waals surface area contributed by atoms with Gasteiger partial charge in [-0.15, -0.1) is 11.8 Å². The molecule has 4 aliphatic rings. The molecule has 89 heavy (non-hydrogen) atoms. The Morgan fingerprint density at radius 1 is 0.978 bits per heavy atom. The Labute approximate surface area is 527 Å². The van der Waals surface area contributed by atoms with Crippen molar-refractivity contribution in [3.8, 4) is 5.75 Å². The van der Waals surface area contributed by atoms with Crippen LogP contribution in [0.2, 0.25) is 5.02 Å². The van der Waals surface area contributed by atoms with Crippen LogP contribution < -0.4 is 47.3 Å². The molecule has 2 saturated heterocycles. The summed E-state index contributed by atoms with van der Waals surface area (Å²) in [7, 11) is 5.75. The first-order valence-corrected chi connectivity index (χ1v) is 31.2. The van der Waals surface area contributed by atoms with Crippen LogP contribution in [-0.4, -0.2) is 200 Å². The normalized spacial score (nSPS) is 26.3. The average molecular weight is 1290 g/mol. The zero-order chi connectivity index (χ0) is 65.9. The van der Waals surface area contributed by atoms with Crippen LogP contribution in [0.1, 0.15) is 111 Å². The number of fused-ring (bicyclic) bond motifs is 5. The predicted molar refractivity (Wildman–Crippen MR) is 327 cm³/mol. The number of ketones is 1. The fourth-order valence-corrected chi connectivity index (χ4v) is 12.3. The summed E-state index contributed by atoms with van der Waals surface area (Å²) in [6, 6.07) is 1.49. The van der Waals surface area contributed by atoms with E-state index >= 15 is 0 Å². The van der Waals surface area contributed by atoms with Crippen molar-refractivity contribution in [2.24, 2.45) is 23.5 Å². The van der Waals surface area contributed by atoms with Crippen molar-refractivity contribution < 1.29 is 86.6 Å². The maximum absolute atomic E-state index is 14.4. The second kappa shape index (κ2) is 33.8. The van der Waals surface area contributed by atoms with Gasteiger partial charge >= 0.3 is 18.0 Å². The third kappa shape index (κ3) is 21.1. The van der Waals surface area contributed by atoms with Gasteiger partial charge in [-0.1, -0.05) is 42.3 Å². The summed E-state index contributed by atoms with van der Waals surface area (Å²) in [4.78, 5) is 144. The van der Waals surface area contributed by atoms with E-state index in [1.54, 1.807) is 38.1 Å². The number of hydrogen-bond donors (Lipinski definition) is 9. The number of nitrogens with one attached hydrogen (secondary N) is 6. The molecule has 10 N–H and O–H groups in total. The quantitative estimate of drug-likeness (QED) is 0.0345. The van der Waals surface area contributed by atoms with Gasteiger partial charge in [0.1, 0.15) is 46.0 Å². The van der Waals surface area contributed by atoms with Gasteiger partial charge in [0.2, 0.25) is 41.4 Å². The number of benzene rings is 1. The fourth-order valence-electron chi connectivity index (χ4n) is 11.0. The number of methoxy groups -OCH3 is 2. The molecule has 8 amide bonds. The lowest BCUT2D eigenvalue weighted by atomic mass is 9.81. The molecule has 3 fully saturated rings. The number of epoxide rings is 1. The smallest absolute Gasteiger partial charge is 0.409 e. The number of thioether (sulfide) groups is 1. The molecule has 1 saturated carbocycles. The van der Waals surface area contributed by atoms with E-state index in [0.717, 1.165) is 27.8 Å². The number of allylic oxidation sites excluding steroid dienone is 3. The van der Waals surface area contributed by atoms with Crippen molar-refractivity contribution in [2.45, 2.75) is 165 Å². The van der Waals surface area contributed by atoms with Gasteiger partial charge in [0, 0.05) is 71.1 Å². The summed E-state index contributed by atoms with van der Waals surface area (Å²) in [6.07, 6.45) is 3.31. The van der Waals surface area contributed by atoms with Crippen LogP contribution in [0.3, 0.4) is 0 Å². The Kier molecular flexibility index (Phi) is 27.7. The van der Waals surface area contributed by atoms with Gasteiger partial charge in [0.25, 0.3) is 0 Å². The molecule has 3 aliphatic heterocycles. The highest BCUT2D eigenvalue weighted by Gasteiger charge is 2.64. The Morgan fingerprint density at radius 2 is 1.66 bits per heavy atom. The third-order valence-electron chi connectivity index (χ3n) is 16.7. The number of rotatable bonds is 27. The maximum atomic E-state index is 14.4. The van der Waals surface area contributed by atoms with Crippen LogP contribution in [-0.2, 0) is 73.3 Å². The van der Waals surface area contributed by atoms with Gasteiger partial charge in [0.05, 0.1) is 51.0 Å². The van der Waals surface area contributed by atoms with Gasteiger partial charge in [0.15, 0.2) is 11.5 Å². The first-order valence-electron chi connectivity index (χ1n) is 29.8. The molecule has 1 aliphatic carbocycles. The van der Waals surface area contributed by atoms with Crippen molar-refractivity contribution in [1.29, 1.82) is 0 Å². The number of carboxylic acids is 1. The number of ether oxygens (including phenoxy) is 5. The third-order valence-corrected chi connectivity index (χ3v) is 18.3. The van der Waals surface area contributed by atoms with Crippen LogP contribution in [0.4, 0.5) is 10.5 Å². The second-order valence-electron chi connectivity index (χ2n) is 23.4. The summed E-state index contributed by atoms with van der Waals surface area (Å²) in [5.41, 5.74) is 3.84.